The number of aromatic nitrogens is 2. The maximum Gasteiger partial charge on any atom is 0.435 e. The van der Waals surface area contributed by atoms with E-state index >= 15 is 0 Å². The van der Waals surface area contributed by atoms with E-state index in [1.807, 2.05) is 0 Å². The molecule has 0 saturated heterocycles. The monoisotopic (exact) mass is 506 g/mol. The SMILES string of the molecule is CC(C)(O)c1cccc(-n2nc(C(F)(F)F)cc2-c2ccc(-c3cccc(S(C)(=O)=O)c3)s2)c1. The largest absolute Gasteiger partial charge is 0.435 e. The third kappa shape index (κ3) is 4.94. The lowest BCUT2D eigenvalue weighted by atomic mass is 9.98. The Kier molecular flexibility index (Phi) is 5.95. The van der Waals surface area contributed by atoms with Crippen molar-refractivity contribution in [2.24, 2.45) is 0 Å². The van der Waals surface area contributed by atoms with Gasteiger partial charge in [0.25, 0.3) is 0 Å². The highest BCUT2D eigenvalue weighted by molar-refractivity contribution is 7.90. The molecule has 0 amide bonds. The van der Waals surface area contributed by atoms with Crippen LogP contribution in [-0.2, 0) is 21.6 Å². The molecule has 0 aliphatic carbocycles. The average Bonchev–Trinajstić information content (AvgIpc) is 3.40. The fourth-order valence-electron chi connectivity index (χ4n) is 3.42. The minimum atomic E-state index is -4.64. The smallest absolute Gasteiger partial charge is 0.386 e. The standard InChI is InChI=1S/C24H21F3N2O3S2/c1-23(2,30)16-7-5-8-17(13-16)29-19(14-22(28-29)24(25,26)27)21-11-10-20(33-21)15-6-4-9-18(12-15)34(3,31)32/h4-14,30H,1-3H3. The van der Waals surface area contributed by atoms with Crippen LogP contribution >= 0.6 is 11.3 Å². The molecule has 0 saturated carbocycles. The minimum absolute atomic E-state index is 0.160. The van der Waals surface area contributed by atoms with Crippen LogP contribution in [-0.4, -0.2) is 29.6 Å². The molecule has 4 rings (SSSR count). The fourth-order valence-corrected chi connectivity index (χ4v) is 5.09. The Hall–Kier alpha value is -2.95. The molecule has 2 heterocycles. The lowest BCUT2D eigenvalue weighted by Gasteiger charge is -2.19. The molecule has 4 aromatic rings. The highest BCUT2D eigenvalue weighted by atomic mass is 32.2. The molecule has 0 fully saturated rings. The Bertz CT molecular complexity index is 1460. The number of halogens is 3. The Morgan fingerprint density at radius 1 is 0.941 bits per heavy atom. The van der Waals surface area contributed by atoms with Crippen molar-refractivity contribution in [1.29, 1.82) is 0 Å². The van der Waals surface area contributed by atoms with E-state index in [2.05, 4.69) is 5.10 Å². The Morgan fingerprint density at radius 2 is 1.62 bits per heavy atom. The lowest BCUT2D eigenvalue weighted by molar-refractivity contribution is -0.141. The van der Waals surface area contributed by atoms with Crippen LogP contribution in [0.2, 0.25) is 0 Å². The molecule has 0 atom stereocenters. The van der Waals surface area contributed by atoms with Crippen LogP contribution in [0.3, 0.4) is 0 Å². The summed E-state index contributed by atoms with van der Waals surface area (Å²) in [5.74, 6) is 0. The van der Waals surface area contributed by atoms with Gasteiger partial charge >= 0.3 is 6.18 Å². The summed E-state index contributed by atoms with van der Waals surface area (Å²) in [4.78, 5) is 1.39. The van der Waals surface area contributed by atoms with Gasteiger partial charge in [-0.25, -0.2) is 13.1 Å². The molecule has 0 unspecified atom stereocenters. The molecule has 2 aromatic heterocycles. The minimum Gasteiger partial charge on any atom is -0.386 e. The summed E-state index contributed by atoms with van der Waals surface area (Å²) in [6.07, 6.45) is -3.53. The van der Waals surface area contributed by atoms with Gasteiger partial charge in [0, 0.05) is 11.1 Å². The van der Waals surface area contributed by atoms with E-state index in [4.69, 9.17) is 0 Å². The zero-order valence-corrected chi connectivity index (χ0v) is 20.1. The second kappa shape index (κ2) is 8.37. The van der Waals surface area contributed by atoms with E-state index in [0.29, 0.717) is 26.6 Å². The first-order valence-corrected chi connectivity index (χ1v) is 12.9. The molecular weight excluding hydrogens is 485 g/mol. The number of aliphatic hydroxyl groups is 1. The molecule has 0 bridgehead atoms. The summed E-state index contributed by atoms with van der Waals surface area (Å²) in [5, 5.41) is 14.2. The van der Waals surface area contributed by atoms with Gasteiger partial charge in [0.2, 0.25) is 0 Å². The highest BCUT2D eigenvalue weighted by Crippen LogP contribution is 2.39. The van der Waals surface area contributed by atoms with Crippen molar-refractivity contribution in [2.45, 2.75) is 30.5 Å². The number of hydrogen-bond donors (Lipinski definition) is 1. The quantitative estimate of drug-likeness (QED) is 0.365. The molecule has 0 spiro atoms. The van der Waals surface area contributed by atoms with E-state index in [0.717, 1.165) is 12.3 Å². The zero-order valence-electron chi connectivity index (χ0n) is 18.5. The van der Waals surface area contributed by atoms with Crippen molar-refractivity contribution in [3.05, 3.63) is 78.0 Å². The van der Waals surface area contributed by atoms with Crippen molar-refractivity contribution >= 4 is 21.2 Å². The summed E-state index contributed by atoms with van der Waals surface area (Å²) < 4.78 is 65.6. The average molecular weight is 507 g/mol. The Morgan fingerprint density at radius 3 is 2.26 bits per heavy atom. The van der Waals surface area contributed by atoms with E-state index < -0.39 is 27.3 Å². The van der Waals surface area contributed by atoms with Crippen LogP contribution in [0.4, 0.5) is 13.2 Å². The predicted octanol–water partition coefficient (Wildman–Crippen LogP) is 5.92. The molecule has 10 heteroatoms. The van der Waals surface area contributed by atoms with Gasteiger partial charge < -0.3 is 5.11 Å². The summed E-state index contributed by atoms with van der Waals surface area (Å²) in [5.41, 5.74) is -0.438. The zero-order chi connectivity index (χ0) is 24.9. The summed E-state index contributed by atoms with van der Waals surface area (Å²) >= 11 is 1.23. The van der Waals surface area contributed by atoms with Crippen LogP contribution in [0.15, 0.2) is 71.6 Å². The van der Waals surface area contributed by atoms with Crippen LogP contribution < -0.4 is 0 Å². The van der Waals surface area contributed by atoms with E-state index in [-0.39, 0.29) is 10.6 Å². The van der Waals surface area contributed by atoms with Crippen LogP contribution in [0.1, 0.15) is 25.1 Å². The van der Waals surface area contributed by atoms with Crippen molar-refractivity contribution in [3.63, 3.8) is 0 Å². The summed E-state index contributed by atoms with van der Waals surface area (Å²) in [6, 6.07) is 17.4. The van der Waals surface area contributed by atoms with Gasteiger partial charge in [-0.15, -0.1) is 11.3 Å². The second-order valence-corrected chi connectivity index (χ2v) is 11.5. The van der Waals surface area contributed by atoms with Gasteiger partial charge in [-0.3, -0.25) is 0 Å². The summed E-state index contributed by atoms with van der Waals surface area (Å²) in [7, 11) is -3.41. The van der Waals surface area contributed by atoms with E-state index in [1.165, 1.54) is 28.2 Å². The number of rotatable bonds is 5. The maximum atomic E-state index is 13.5. The molecule has 1 N–H and O–H groups in total. The number of alkyl halides is 3. The van der Waals surface area contributed by atoms with E-state index in [9.17, 15) is 26.7 Å². The Balaban J connectivity index is 1.84. The fraction of sp³-hybridized carbons (Fsp3) is 0.208. The topological polar surface area (TPSA) is 72.2 Å². The second-order valence-electron chi connectivity index (χ2n) is 8.40. The van der Waals surface area contributed by atoms with Crippen molar-refractivity contribution in [2.75, 3.05) is 6.26 Å². The first-order valence-electron chi connectivity index (χ1n) is 10.1. The van der Waals surface area contributed by atoms with E-state index in [1.54, 1.807) is 62.4 Å². The van der Waals surface area contributed by atoms with Crippen molar-refractivity contribution < 1.29 is 26.7 Å². The van der Waals surface area contributed by atoms with Crippen LogP contribution in [0.25, 0.3) is 26.7 Å². The molecule has 5 nitrogen and oxygen atoms in total. The Labute approximate surface area is 199 Å². The number of thiophene rings is 1. The molecule has 0 aliphatic rings. The number of benzene rings is 2. The number of sulfone groups is 1. The third-order valence-electron chi connectivity index (χ3n) is 5.20. The van der Waals surface area contributed by atoms with Crippen molar-refractivity contribution in [1.82, 2.24) is 9.78 Å². The molecule has 0 aliphatic heterocycles. The first-order chi connectivity index (χ1) is 15.7. The third-order valence-corrected chi connectivity index (χ3v) is 7.47. The maximum absolute atomic E-state index is 13.5. The number of hydrogen-bond acceptors (Lipinski definition) is 5. The summed E-state index contributed by atoms with van der Waals surface area (Å²) in [6.45, 7) is 3.18. The van der Waals surface area contributed by atoms with Gasteiger partial charge in [-0.05, 0) is 67.4 Å². The van der Waals surface area contributed by atoms with Crippen LogP contribution in [0, 0.1) is 0 Å². The highest BCUT2D eigenvalue weighted by Gasteiger charge is 2.35. The van der Waals surface area contributed by atoms with Gasteiger partial charge in [-0.1, -0.05) is 24.3 Å². The van der Waals surface area contributed by atoms with Gasteiger partial charge in [-0.2, -0.15) is 18.3 Å². The number of nitrogens with zero attached hydrogens (tertiary/aromatic N) is 2. The molecule has 178 valence electrons. The molecule has 2 aromatic carbocycles. The first kappa shape index (κ1) is 24.2. The molecule has 0 radical (unpaired) electrons. The van der Waals surface area contributed by atoms with Crippen LogP contribution in [0.5, 0.6) is 0 Å². The normalized spacial score (nSPS) is 12.8. The predicted molar refractivity (Wildman–Crippen MR) is 126 cm³/mol. The van der Waals surface area contributed by atoms with Crippen molar-refractivity contribution in [3.8, 4) is 26.7 Å². The molecule has 34 heavy (non-hydrogen) atoms. The van der Waals surface area contributed by atoms with Gasteiger partial charge in [0.15, 0.2) is 15.5 Å². The lowest BCUT2D eigenvalue weighted by Crippen LogP contribution is -2.16. The van der Waals surface area contributed by atoms with Gasteiger partial charge in [0.05, 0.1) is 26.8 Å². The molecular formula is C24H21F3N2O3S2. The van der Waals surface area contributed by atoms with Gasteiger partial charge in [0.1, 0.15) is 0 Å².